The van der Waals surface area contributed by atoms with Gasteiger partial charge < -0.3 is 10.4 Å². The van der Waals surface area contributed by atoms with Crippen LogP contribution in [0.15, 0.2) is 42.5 Å². The maximum atomic E-state index is 12.0. The molecule has 2 rings (SSSR count). The number of hydrogen-bond donors (Lipinski definition) is 2. The van der Waals surface area contributed by atoms with Crippen molar-refractivity contribution < 1.29 is 9.90 Å². The largest absolute Gasteiger partial charge is 0.507 e. The van der Waals surface area contributed by atoms with Crippen molar-refractivity contribution in [1.82, 2.24) is 5.32 Å². The van der Waals surface area contributed by atoms with Crippen molar-refractivity contribution >= 4 is 28.5 Å². The van der Waals surface area contributed by atoms with E-state index in [2.05, 4.69) is 47.0 Å². The number of phenols is 1. The number of rotatable bonds is 4. The normalized spacial score (nSPS) is 10.3. The van der Waals surface area contributed by atoms with Gasteiger partial charge in [0, 0.05) is 10.1 Å². The number of nitrogens with one attached hydrogen (secondary N) is 1. The van der Waals surface area contributed by atoms with E-state index in [1.165, 1.54) is 11.6 Å². The summed E-state index contributed by atoms with van der Waals surface area (Å²) in [5, 5.41) is 12.5. The first-order valence-electron chi connectivity index (χ1n) is 6.44. The Morgan fingerprint density at radius 2 is 1.80 bits per heavy atom. The second-order valence-corrected chi connectivity index (χ2v) is 5.76. The maximum Gasteiger partial charge on any atom is 0.255 e. The number of phenolic OH excluding ortho intramolecular Hbond substituents is 1. The summed E-state index contributed by atoms with van der Waals surface area (Å²) in [7, 11) is 0. The first-order chi connectivity index (χ1) is 9.60. The minimum atomic E-state index is -0.263. The van der Waals surface area contributed by atoms with Crippen LogP contribution in [0.4, 0.5) is 0 Å². The van der Waals surface area contributed by atoms with Gasteiger partial charge in [-0.3, -0.25) is 4.79 Å². The highest BCUT2D eigenvalue weighted by atomic mass is 127. The molecule has 0 heterocycles. The molecule has 0 aliphatic carbocycles. The molecule has 20 heavy (non-hydrogen) atoms. The number of halogens is 1. The Hall–Kier alpha value is -1.56. The second kappa shape index (κ2) is 6.74. The Balaban J connectivity index is 2.02. The molecule has 0 spiro atoms. The van der Waals surface area contributed by atoms with E-state index in [0.717, 1.165) is 15.6 Å². The van der Waals surface area contributed by atoms with E-state index in [4.69, 9.17) is 0 Å². The van der Waals surface area contributed by atoms with Crippen LogP contribution in [0.1, 0.15) is 28.4 Å². The lowest BCUT2D eigenvalue weighted by molar-refractivity contribution is 0.0948. The van der Waals surface area contributed by atoms with Gasteiger partial charge in [-0.15, -0.1) is 0 Å². The summed E-state index contributed by atoms with van der Waals surface area (Å²) >= 11 is 2.11. The van der Waals surface area contributed by atoms with E-state index < -0.39 is 0 Å². The third-order valence-corrected chi connectivity index (χ3v) is 3.76. The van der Waals surface area contributed by atoms with Crippen LogP contribution < -0.4 is 5.32 Å². The molecule has 0 radical (unpaired) electrons. The predicted octanol–water partition coefficient (Wildman–Crippen LogP) is 3.49. The first kappa shape index (κ1) is 14.8. The van der Waals surface area contributed by atoms with E-state index in [9.17, 15) is 9.90 Å². The zero-order valence-corrected chi connectivity index (χ0v) is 13.3. The third-order valence-electron chi connectivity index (χ3n) is 3.09. The zero-order chi connectivity index (χ0) is 14.5. The lowest BCUT2D eigenvalue weighted by Crippen LogP contribution is -2.23. The fraction of sp³-hybridized carbons (Fsp3) is 0.188. The fourth-order valence-corrected chi connectivity index (χ4v) is 2.35. The number of amides is 1. The molecule has 0 aliphatic heterocycles. The number of aromatic hydroxyl groups is 1. The Bertz CT molecular complexity index is 608. The monoisotopic (exact) mass is 381 g/mol. The highest BCUT2D eigenvalue weighted by molar-refractivity contribution is 14.1. The van der Waals surface area contributed by atoms with E-state index in [1.807, 2.05) is 12.1 Å². The van der Waals surface area contributed by atoms with Gasteiger partial charge in [0.2, 0.25) is 0 Å². The van der Waals surface area contributed by atoms with Gasteiger partial charge in [-0.25, -0.2) is 0 Å². The molecule has 0 saturated heterocycles. The van der Waals surface area contributed by atoms with E-state index in [1.54, 1.807) is 12.1 Å². The van der Waals surface area contributed by atoms with Crippen molar-refractivity contribution in [2.45, 2.75) is 19.9 Å². The van der Waals surface area contributed by atoms with E-state index in [0.29, 0.717) is 12.1 Å². The minimum Gasteiger partial charge on any atom is -0.507 e. The summed E-state index contributed by atoms with van der Waals surface area (Å²) in [6.45, 7) is 2.56. The van der Waals surface area contributed by atoms with Gasteiger partial charge in [0.15, 0.2) is 0 Å². The highest BCUT2D eigenvalue weighted by Crippen LogP contribution is 2.19. The smallest absolute Gasteiger partial charge is 0.255 e. The van der Waals surface area contributed by atoms with Gasteiger partial charge in [-0.1, -0.05) is 31.2 Å². The van der Waals surface area contributed by atoms with Gasteiger partial charge in [0.25, 0.3) is 5.91 Å². The molecule has 0 unspecified atom stereocenters. The van der Waals surface area contributed by atoms with Crippen LogP contribution in [0.25, 0.3) is 0 Å². The Morgan fingerprint density at radius 3 is 2.45 bits per heavy atom. The Labute approximate surface area is 132 Å². The quantitative estimate of drug-likeness (QED) is 0.797. The van der Waals surface area contributed by atoms with Crippen LogP contribution in [0.5, 0.6) is 5.75 Å². The minimum absolute atomic E-state index is 0.00393. The standard InChI is InChI=1S/C16H16INO2/c1-2-11-3-5-12(6-4-11)10-18-16(20)14-9-13(17)7-8-15(14)19/h3-9,19H,2,10H2,1H3,(H,18,20). The third kappa shape index (κ3) is 3.72. The molecular weight excluding hydrogens is 365 g/mol. The number of benzene rings is 2. The summed E-state index contributed by atoms with van der Waals surface area (Å²) < 4.78 is 0.915. The van der Waals surface area contributed by atoms with Crippen molar-refractivity contribution in [2.75, 3.05) is 0 Å². The van der Waals surface area contributed by atoms with E-state index in [-0.39, 0.29) is 11.7 Å². The van der Waals surface area contributed by atoms with Crippen molar-refractivity contribution in [1.29, 1.82) is 0 Å². The first-order valence-corrected chi connectivity index (χ1v) is 7.52. The lowest BCUT2D eigenvalue weighted by atomic mass is 10.1. The van der Waals surface area contributed by atoms with Gasteiger partial charge in [0.05, 0.1) is 5.56 Å². The Kier molecular flexibility index (Phi) is 5.00. The molecule has 0 aromatic heterocycles. The Morgan fingerprint density at radius 1 is 1.15 bits per heavy atom. The predicted molar refractivity (Wildman–Crippen MR) is 87.8 cm³/mol. The second-order valence-electron chi connectivity index (χ2n) is 4.51. The SMILES string of the molecule is CCc1ccc(CNC(=O)c2cc(I)ccc2O)cc1. The number of aryl methyl sites for hydroxylation is 1. The zero-order valence-electron chi connectivity index (χ0n) is 11.2. The van der Waals surface area contributed by atoms with Gasteiger partial charge >= 0.3 is 0 Å². The van der Waals surface area contributed by atoms with Crippen molar-refractivity contribution in [2.24, 2.45) is 0 Å². The molecule has 0 fully saturated rings. The van der Waals surface area contributed by atoms with Crippen molar-refractivity contribution in [3.63, 3.8) is 0 Å². The van der Waals surface area contributed by atoms with Crippen LogP contribution in [-0.2, 0) is 13.0 Å². The molecule has 0 saturated carbocycles. The molecule has 2 aromatic rings. The number of carbonyl (C=O) groups excluding carboxylic acids is 1. The van der Waals surface area contributed by atoms with Crippen LogP contribution in [0, 0.1) is 3.57 Å². The van der Waals surface area contributed by atoms with Crippen LogP contribution in [0.2, 0.25) is 0 Å². The summed E-state index contributed by atoms with van der Waals surface area (Å²) in [5.74, 6) is -0.259. The van der Waals surface area contributed by atoms with Gasteiger partial charge in [0.1, 0.15) is 5.75 Å². The van der Waals surface area contributed by atoms with Gasteiger partial charge in [-0.2, -0.15) is 0 Å². The molecule has 2 aromatic carbocycles. The fourth-order valence-electron chi connectivity index (χ4n) is 1.86. The molecule has 104 valence electrons. The number of carbonyl (C=O) groups is 1. The average Bonchev–Trinajstić information content (AvgIpc) is 2.47. The average molecular weight is 381 g/mol. The van der Waals surface area contributed by atoms with Crippen LogP contribution in [0.3, 0.4) is 0 Å². The molecular formula is C16H16INO2. The lowest BCUT2D eigenvalue weighted by Gasteiger charge is -2.08. The summed E-state index contributed by atoms with van der Waals surface area (Å²) in [4.78, 5) is 12.0. The highest BCUT2D eigenvalue weighted by Gasteiger charge is 2.11. The summed E-state index contributed by atoms with van der Waals surface area (Å²) in [6.07, 6.45) is 1.00. The topological polar surface area (TPSA) is 49.3 Å². The van der Waals surface area contributed by atoms with Crippen molar-refractivity contribution in [3.05, 3.63) is 62.7 Å². The van der Waals surface area contributed by atoms with Gasteiger partial charge in [-0.05, 0) is 58.3 Å². The molecule has 2 N–H and O–H groups in total. The number of hydrogen-bond acceptors (Lipinski definition) is 2. The molecule has 4 heteroatoms. The summed E-state index contributed by atoms with van der Waals surface area (Å²) in [5.41, 5.74) is 2.62. The molecule has 1 amide bonds. The molecule has 3 nitrogen and oxygen atoms in total. The maximum absolute atomic E-state index is 12.0. The molecule has 0 bridgehead atoms. The molecule has 0 aliphatic rings. The summed E-state index contributed by atoms with van der Waals surface area (Å²) in [6, 6.07) is 13.1. The van der Waals surface area contributed by atoms with E-state index >= 15 is 0 Å². The van der Waals surface area contributed by atoms with Crippen LogP contribution >= 0.6 is 22.6 Å². The van der Waals surface area contributed by atoms with Crippen molar-refractivity contribution in [3.8, 4) is 5.75 Å². The van der Waals surface area contributed by atoms with Crippen LogP contribution in [-0.4, -0.2) is 11.0 Å². The molecule has 0 atom stereocenters.